The Labute approximate surface area is 132 Å². The van der Waals surface area contributed by atoms with E-state index in [-0.39, 0.29) is 11.1 Å². The average Bonchev–Trinajstić information content (AvgIpc) is 2.31. The molecule has 5 heteroatoms. The Morgan fingerprint density at radius 3 is 2.37 bits per heavy atom. The molecule has 0 amide bonds. The highest BCUT2D eigenvalue weighted by molar-refractivity contribution is 9.10. The third-order valence-corrected chi connectivity index (χ3v) is 4.43. The second kappa shape index (κ2) is 5.90. The van der Waals surface area contributed by atoms with Gasteiger partial charge in [-0.1, -0.05) is 43.5 Å². The fraction of sp³-hybridized carbons (Fsp3) is 0.143. The Kier molecular flexibility index (Phi) is 4.64. The molecule has 0 bridgehead atoms. The van der Waals surface area contributed by atoms with Crippen LogP contribution in [0.15, 0.2) is 34.8 Å². The van der Waals surface area contributed by atoms with Crippen LogP contribution in [0, 0.1) is 18.6 Å². The van der Waals surface area contributed by atoms with Crippen molar-refractivity contribution in [2.45, 2.75) is 11.8 Å². The molecule has 0 radical (unpaired) electrons. The van der Waals surface area contributed by atoms with E-state index in [4.69, 9.17) is 11.6 Å². The van der Waals surface area contributed by atoms with Crippen LogP contribution in [0.4, 0.5) is 8.78 Å². The standard InChI is InChI=1S/C14H9Br2ClF2/c1-7-2-13(19)11(6-12(7)18)14(16)8-3-9(15)5-10(17)4-8/h2-6,14H,1H3. The second-order valence-corrected chi connectivity index (χ2v) is 6.46. The van der Waals surface area contributed by atoms with E-state index in [1.165, 1.54) is 19.1 Å². The molecule has 2 aromatic carbocycles. The zero-order valence-corrected chi connectivity index (χ0v) is 13.8. The lowest BCUT2D eigenvalue weighted by Crippen LogP contribution is -1.99. The van der Waals surface area contributed by atoms with Gasteiger partial charge in [0.15, 0.2) is 0 Å². The van der Waals surface area contributed by atoms with Crippen molar-refractivity contribution in [3.63, 3.8) is 0 Å². The minimum atomic E-state index is -0.461. The Morgan fingerprint density at radius 2 is 1.74 bits per heavy atom. The van der Waals surface area contributed by atoms with Crippen LogP contribution in [0.1, 0.15) is 21.5 Å². The molecule has 0 heterocycles. The largest absolute Gasteiger partial charge is 0.207 e. The predicted molar refractivity (Wildman–Crippen MR) is 81.0 cm³/mol. The van der Waals surface area contributed by atoms with Crippen LogP contribution in [0.25, 0.3) is 0 Å². The molecule has 0 spiro atoms. The van der Waals surface area contributed by atoms with Crippen LogP contribution >= 0.6 is 43.5 Å². The zero-order valence-electron chi connectivity index (χ0n) is 9.85. The summed E-state index contributed by atoms with van der Waals surface area (Å²) < 4.78 is 28.3. The van der Waals surface area contributed by atoms with Crippen LogP contribution in [0.5, 0.6) is 0 Å². The van der Waals surface area contributed by atoms with Gasteiger partial charge in [-0.3, -0.25) is 0 Å². The molecule has 1 unspecified atom stereocenters. The highest BCUT2D eigenvalue weighted by Crippen LogP contribution is 2.36. The van der Waals surface area contributed by atoms with Crippen molar-refractivity contribution in [2.75, 3.05) is 0 Å². The molecular formula is C14H9Br2ClF2. The van der Waals surface area contributed by atoms with Gasteiger partial charge in [-0.15, -0.1) is 0 Å². The van der Waals surface area contributed by atoms with Crippen LogP contribution in [0.3, 0.4) is 0 Å². The monoisotopic (exact) mass is 408 g/mol. The SMILES string of the molecule is Cc1cc(F)c(C(Br)c2cc(Cl)cc(Br)c2)cc1F. The van der Waals surface area contributed by atoms with Gasteiger partial charge in [-0.2, -0.15) is 0 Å². The number of halogens is 5. The summed E-state index contributed by atoms with van der Waals surface area (Å²) in [5.74, 6) is -0.876. The Bertz CT molecular complexity index is 609. The van der Waals surface area contributed by atoms with Crippen molar-refractivity contribution in [3.8, 4) is 0 Å². The van der Waals surface area contributed by atoms with Gasteiger partial charge in [0.2, 0.25) is 0 Å². The van der Waals surface area contributed by atoms with Gasteiger partial charge in [0.05, 0.1) is 4.83 Å². The van der Waals surface area contributed by atoms with Crippen molar-refractivity contribution in [1.82, 2.24) is 0 Å². The number of alkyl halides is 1. The van der Waals surface area contributed by atoms with Crippen LogP contribution < -0.4 is 0 Å². The molecule has 0 aromatic heterocycles. The molecule has 2 rings (SSSR count). The molecular weight excluding hydrogens is 401 g/mol. The average molecular weight is 410 g/mol. The molecule has 0 N–H and O–H groups in total. The molecule has 0 saturated carbocycles. The van der Waals surface area contributed by atoms with E-state index in [1.54, 1.807) is 12.1 Å². The lowest BCUT2D eigenvalue weighted by Gasteiger charge is -2.14. The fourth-order valence-corrected chi connectivity index (χ4v) is 3.26. The number of hydrogen-bond donors (Lipinski definition) is 0. The van der Waals surface area contributed by atoms with Gasteiger partial charge in [-0.05, 0) is 48.4 Å². The van der Waals surface area contributed by atoms with E-state index in [2.05, 4.69) is 31.9 Å². The highest BCUT2D eigenvalue weighted by Gasteiger charge is 2.18. The third kappa shape index (κ3) is 3.36. The lowest BCUT2D eigenvalue weighted by atomic mass is 10.0. The van der Waals surface area contributed by atoms with Gasteiger partial charge in [0.1, 0.15) is 11.6 Å². The maximum Gasteiger partial charge on any atom is 0.128 e. The molecule has 0 fully saturated rings. The summed E-state index contributed by atoms with van der Waals surface area (Å²) in [5.41, 5.74) is 1.28. The maximum absolute atomic E-state index is 13.9. The van der Waals surface area contributed by atoms with Crippen molar-refractivity contribution < 1.29 is 8.78 Å². The van der Waals surface area contributed by atoms with Crippen molar-refractivity contribution in [1.29, 1.82) is 0 Å². The summed E-state index contributed by atoms with van der Waals surface area (Å²) in [5, 5.41) is 0.529. The molecule has 1 atom stereocenters. The number of aryl methyl sites for hydroxylation is 1. The lowest BCUT2D eigenvalue weighted by molar-refractivity contribution is 0.581. The molecule has 0 aliphatic rings. The Balaban J connectivity index is 2.49. The first-order valence-electron chi connectivity index (χ1n) is 5.44. The van der Waals surface area contributed by atoms with Crippen molar-refractivity contribution in [3.05, 3.63) is 68.2 Å². The summed E-state index contributed by atoms with van der Waals surface area (Å²) >= 11 is 12.7. The van der Waals surface area contributed by atoms with Crippen LogP contribution in [-0.4, -0.2) is 0 Å². The van der Waals surface area contributed by atoms with E-state index in [1.807, 2.05) is 6.07 Å². The first kappa shape index (κ1) is 14.9. The van der Waals surface area contributed by atoms with Crippen LogP contribution in [0.2, 0.25) is 5.02 Å². The highest BCUT2D eigenvalue weighted by atomic mass is 79.9. The zero-order chi connectivity index (χ0) is 14.2. The maximum atomic E-state index is 13.9. The molecule has 19 heavy (non-hydrogen) atoms. The number of rotatable bonds is 2. The van der Waals surface area contributed by atoms with Crippen molar-refractivity contribution >= 4 is 43.5 Å². The quantitative estimate of drug-likeness (QED) is 0.519. The first-order chi connectivity index (χ1) is 8.88. The van der Waals surface area contributed by atoms with E-state index in [9.17, 15) is 8.78 Å². The molecule has 100 valence electrons. The predicted octanol–water partition coefficient (Wildman–Crippen LogP) is 6.17. The first-order valence-corrected chi connectivity index (χ1v) is 7.52. The summed E-state index contributed by atoms with van der Waals surface area (Å²) in [4.78, 5) is -0.461. The minimum absolute atomic E-state index is 0.247. The van der Waals surface area contributed by atoms with Gasteiger partial charge >= 0.3 is 0 Å². The minimum Gasteiger partial charge on any atom is -0.207 e. The summed E-state index contributed by atoms with van der Waals surface area (Å²) in [6.45, 7) is 1.53. The fourth-order valence-electron chi connectivity index (χ4n) is 1.76. The van der Waals surface area contributed by atoms with Crippen molar-refractivity contribution in [2.24, 2.45) is 0 Å². The Hall–Kier alpha value is -0.450. The molecule has 0 aliphatic carbocycles. The third-order valence-electron chi connectivity index (χ3n) is 2.73. The molecule has 0 nitrogen and oxygen atoms in total. The van der Waals surface area contributed by atoms with Gasteiger partial charge in [0.25, 0.3) is 0 Å². The van der Waals surface area contributed by atoms with E-state index < -0.39 is 16.5 Å². The molecule has 0 saturated heterocycles. The van der Waals surface area contributed by atoms with Gasteiger partial charge < -0.3 is 0 Å². The normalized spacial score (nSPS) is 12.5. The van der Waals surface area contributed by atoms with E-state index >= 15 is 0 Å². The summed E-state index contributed by atoms with van der Waals surface area (Å²) in [7, 11) is 0. The topological polar surface area (TPSA) is 0 Å². The Morgan fingerprint density at radius 1 is 1.05 bits per heavy atom. The van der Waals surface area contributed by atoms with E-state index in [0.717, 1.165) is 10.0 Å². The second-order valence-electron chi connectivity index (χ2n) is 4.19. The van der Waals surface area contributed by atoms with Gasteiger partial charge in [-0.25, -0.2) is 8.78 Å². The van der Waals surface area contributed by atoms with Crippen LogP contribution in [-0.2, 0) is 0 Å². The summed E-state index contributed by atoms with van der Waals surface area (Å²) in [6.07, 6.45) is 0. The number of hydrogen-bond acceptors (Lipinski definition) is 0. The summed E-state index contributed by atoms with van der Waals surface area (Å²) in [6, 6.07) is 7.65. The van der Waals surface area contributed by atoms with E-state index in [0.29, 0.717) is 5.02 Å². The molecule has 2 aromatic rings. The number of benzene rings is 2. The molecule has 0 aliphatic heterocycles. The smallest absolute Gasteiger partial charge is 0.128 e. The van der Waals surface area contributed by atoms with Gasteiger partial charge in [0, 0.05) is 15.1 Å².